The van der Waals surface area contributed by atoms with Gasteiger partial charge in [0.2, 0.25) is 5.95 Å². The zero-order valence-corrected chi connectivity index (χ0v) is 17.4. The third-order valence-corrected chi connectivity index (χ3v) is 5.39. The summed E-state index contributed by atoms with van der Waals surface area (Å²) < 4.78 is 5.30. The molecule has 0 aromatic carbocycles. The average Bonchev–Trinajstić information content (AvgIpc) is 3.50. The van der Waals surface area contributed by atoms with E-state index in [0.29, 0.717) is 22.8 Å². The molecule has 10 heteroatoms. The summed E-state index contributed by atoms with van der Waals surface area (Å²) in [5, 5.41) is 12.4. The highest BCUT2D eigenvalue weighted by atomic mass is 16.4. The van der Waals surface area contributed by atoms with Crippen molar-refractivity contribution >= 4 is 17.9 Å². The lowest BCUT2D eigenvalue weighted by molar-refractivity contribution is 0.0945. The second-order valence-corrected chi connectivity index (χ2v) is 7.63. The van der Waals surface area contributed by atoms with Crippen LogP contribution >= 0.6 is 0 Å². The van der Waals surface area contributed by atoms with Crippen LogP contribution < -0.4 is 11.1 Å². The van der Waals surface area contributed by atoms with Crippen molar-refractivity contribution in [2.24, 2.45) is 0 Å². The number of nitrogen functional groups attached to an aromatic ring is 1. The van der Waals surface area contributed by atoms with Gasteiger partial charge in [0, 0.05) is 6.04 Å². The molecule has 166 valence electrons. The zero-order chi connectivity index (χ0) is 22.5. The Morgan fingerprint density at radius 3 is 2.62 bits per heavy atom. The van der Waals surface area contributed by atoms with Gasteiger partial charge in [-0.25, -0.2) is 14.8 Å². The van der Waals surface area contributed by atoms with Crippen LogP contribution in [0.3, 0.4) is 0 Å². The molecule has 3 aromatic heterocycles. The number of nitrogens with zero attached hydrogens (tertiary/aromatic N) is 4. The van der Waals surface area contributed by atoms with Gasteiger partial charge in [-0.2, -0.15) is 0 Å². The molecule has 0 atom stereocenters. The highest BCUT2D eigenvalue weighted by Crippen LogP contribution is 2.25. The Morgan fingerprint density at radius 1 is 1.12 bits per heavy atom. The lowest BCUT2D eigenvalue weighted by Crippen LogP contribution is -2.37. The van der Waals surface area contributed by atoms with Gasteiger partial charge in [-0.1, -0.05) is 18.9 Å². The molecule has 3 aromatic rings. The number of hydrogen-bond donors (Lipinski definition) is 3. The summed E-state index contributed by atoms with van der Waals surface area (Å²) in [4.78, 5) is 38.4. The summed E-state index contributed by atoms with van der Waals surface area (Å²) in [6.45, 7) is 0.375. The van der Waals surface area contributed by atoms with E-state index < -0.39 is 12.0 Å². The second-order valence-electron chi connectivity index (χ2n) is 7.63. The van der Waals surface area contributed by atoms with Gasteiger partial charge in [0.1, 0.15) is 11.4 Å². The van der Waals surface area contributed by atoms with Gasteiger partial charge < -0.3 is 20.6 Å². The van der Waals surface area contributed by atoms with Crippen molar-refractivity contribution in [3.63, 3.8) is 0 Å². The number of rotatable bonds is 7. The fourth-order valence-electron chi connectivity index (χ4n) is 3.85. The number of pyridine rings is 1. The molecule has 1 aliphatic rings. The van der Waals surface area contributed by atoms with Crippen molar-refractivity contribution in [2.75, 3.05) is 5.73 Å². The summed E-state index contributed by atoms with van der Waals surface area (Å²) in [7, 11) is 0. The molecule has 4 N–H and O–H groups in total. The first-order chi connectivity index (χ1) is 15.5. The molecular formula is C22H24N6O4. The third kappa shape index (κ3) is 5.02. The van der Waals surface area contributed by atoms with Gasteiger partial charge in [0.25, 0.3) is 5.91 Å². The molecular weight excluding hydrogens is 412 g/mol. The van der Waals surface area contributed by atoms with Gasteiger partial charge in [0.05, 0.1) is 30.7 Å². The Kier molecular flexibility index (Phi) is 6.29. The van der Waals surface area contributed by atoms with Crippen LogP contribution in [0.4, 0.5) is 10.7 Å². The molecule has 0 saturated heterocycles. The number of aromatic nitrogens is 3. The van der Waals surface area contributed by atoms with E-state index in [-0.39, 0.29) is 30.8 Å². The molecule has 0 aliphatic heterocycles. The highest BCUT2D eigenvalue weighted by Gasteiger charge is 2.26. The van der Waals surface area contributed by atoms with Crippen LogP contribution in [0, 0.1) is 0 Å². The van der Waals surface area contributed by atoms with Crippen LogP contribution in [0.1, 0.15) is 47.6 Å². The molecule has 0 radical (unpaired) electrons. The summed E-state index contributed by atoms with van der Waals surface area (Å²) in [6.07, 6.45) is 4.41. The van der Waals surface area contributed by atoms with Gasteiger partial charge in [0.15, 0.2) is 5.76 Å². The first-order valence-corrected chi connectivity index (χ1v) is 10.4. The van der Waals surface area contributed by atoms with Crippen molar-refractivity contribution < 1.29 is 19.1 Å². The van der Waals surface area contributed by atoms with Gasteiger partial charge in [-0.3, -0.25) is 14.7 Å². The SMILES string of the molecule is Nc1nc(C(=O)NCc2cccc(CN(C(=O)O)C3CCCC3)n2)cc(-c2ccco2)n1. The van der Waals surface area contributed by atoms with E-state index in [4.69, 9.17) is 10.2 Å². The molecule has 0 spiro atoms. The maximum atomic E-state index is 12.6. The number of hydrogen-bond acceptors (Lipinski definition) is 7. The molecule has 10 nitrogen and oxygen atoms in total. The smallest absolute Gasteiger partial charge is 0.407 e. The fourth-order valence-corrected chi connectivity index (χ4v) is 3.85. The van der Waals surface area contributed by atoms with Crippen LogP contribution in [-0.4, -0.2) is 43.0 Å². The number of anilines is 1. The van der Waals surface area contributed by atoms with Crippen LogP contribution in [0.15, 0.2) is 47.1 Å². The number of amides is 2. The lowest BCUT2D eigenvalue weighted by Gasteiger charge is -2.25. The molecule has 4 rings (SSSR count). The standard InChI is InChI=1S/C22H24N6O4/c23-21-26-17(19-9-4-10-32-19)11-18(27-21)20(29)24-12-14-5-3-6-15(25-14)13-28(22(30)31)16-7-1-2-8-16/h3-6,9-11,16H,1-2,7-8,12-13H2,(H,24,29)(H,30,31)(H2,23,26,27). The third-order valence-electron chi connectivity index (χ3n) is 5.39. The number of carboxylic acid groups (broad SMARTS) is 1. The molecule has 1 aliphatic carbocycles. The first kappa shape index (κ1) is 21.3. The number of nitrogens with one attached hydrogen (secondary N) is 1. The first-order valence-electron chi connectivity index (χ1n) is 10.4. The summed E-state index contributed by atoms with van der Waals surface area (Å²) in [6, 6.07) is 10.3. The van der Waals surface area contributed by atoms with Crippen molar-refractivity contribution in [1.82, 2.24) is 25.2 Å². The monoisotopic (exact) mass is 436 g/mol. The largest absolute Gasteiger partial charge is 0.465 e. The average molecular weight is 436 g/mol. The van der Waals surface area contributed by atoms with Gasteiger partial charge >= 0.3 is 6.09 Å². The predicted octanol–water partition coefficient (Wildman–Crippen LogP) is 3.07. The van der Waals surface area contributed by atoms with Crippen LogP contribution in [-0.2, 0) is 13.1 Å². The Bertz CT molecular complexity index is 1100. The maximum absolute atomic E-state index is 12.6. The quantitative estimate of drug-likeness (QED) is 0.512. The van der Waals surface area contributed by atoms with Crippen LogP contribution in [0.5, 0.6) is 0 Å². The van der Waals surface area contributed by atoms with Gasteiger partial charge in [-0.05, 0) is 43.2 Å². The van der Waals surface area contributed by atoms with Crippen molar-refractivity contribution in [2.45, 2.75) is 44.8 Å². The minimum atomic E-state index is -0.939. The number of nitrogens with two attached hydrogens (primary N) is 1. The van der Waals surface area contributed by atoms with E-state index in [1.54, 1.807) is 30.3 Å². The van der Waals surface area contributed by atoms with E-state index >= 15 is 0 Å². The van der Waals surface area contributed by atoms with E-state index in [9.17, 15) is 14.7 Å². The minimum Gasteiger partial charge on any atom is -0.465 e. The fraction of sp³-hybridized carbons (Fsp3) is 0.318. The van der Waals surface area contributed by atoms with Gasteiger partial charge in [-0.15, -0.1) is 0 Å². The topological polar surface area (TPSA) is 147 Å². The second kappa shape index (κ2) is 9.46. The minimum absolute atomic E-state index is 0.0317. The molecule has 1 fully saturated rings. The number of carbonyl (C=O) groups is 2. The highest BCUT2D eigenvalue weighted by molar-refractivity contribution is 5.93. The molecule has 1 saturated carbocycles. The maximum Gasteiger partial charge on any atom is 0.407 e. The normalized spacial score (nSPS) is 13.8. The molecule has 3 heterocycles. The zero-order valence-electron chi connectivity index (χ0n) is 17.4. The van der Waals surface area contributed by atoms with Crippen LogP contribution in [0.2, 0.25) is 0 Å². The number of carbonyl (C=O) groups excluding carboxylic acids is 1. The van der Waals surface area contributed by atoms with E-state index in [1.807, 2.05) is 0 Å². The van der Waals surface area contributed by atoms with E-state index in [0.717, 1.165) is 25.7 Å². The Labute approximate surface area is 184 Å². The van der Waals surface area contributed by atoms with Crippen molar-refractivity contribution in [3.05, 3.63) is 59.7 Å². The summed E-state index contributed by atoms with van der Waals surface area (Å²) in [5.41, 5.74) is 7.51. The predicted molar refractivity (Wildman–Crippen MR) is 115 cm³/mol. The number of furan rings is 1. The molecule has 32 heavy (non-hydrogen) atoms. The van der Waals surface area contributed by atoms with E-state index in [2.05, 4.69) is 20.3 Å². The Balaban J connectivity index is 1.42. The molecule has 0 bridgehead atoms. The Morgan fingerprint density at radius 2 is 1.91 bits per heavy atom. The van der Waals surface area contributed by atoms with Crippen molar-refractivity contribution in [3.8, 4) is 11.5 Å². The summed E-state index contributed by atoms with van der Waals surface area (Å²) in [5.74, 6) is 0.00911. The van der Waals surface area contributed by atoms with Crippen molar-refractivity contribution in [1.29, 1.82) is 0 Å². The molecule has 0 unspecified atom stereocenters. The van der Waals surface area contributed by atoms with E-state index in [1.165, 1.54) is 17.2 Å². The summed E-state index contributed by atoms with van der Waals surface area (Å²) >= 11 is 0. The van der Waals surface area contributed by atoms with Crippen LogP contribution in [0.25, 0.3) is 11.5 Å². The lowest BCUT2D eigenvalue weighted by atomic mass is 10.2. The Hall–Kier alpha value is -3.95. The molecule has 2 amide bonds.